The van der Waals surface area contributed by atoms with Gasteiger partial charge in [0.05, 0.1) is 15.1 Å². The Balaban J connectivity index is 2.07. The minimum atomic E-state index is -0.827. The molecule has 0 aliphatic carbocycles. The van der Waals surface area contributed by atoms with Crippen molar-refractivity contribution in [3.8, 4) is 0 Å². The van der Waals surface area contributed by atoms with Crippen LogP contribution in [0.4, 0.5) is 0 Å². The van der Waals surface area contributed by atoms with Gasteiger partial charge in [-0.3, -0.25) is 9.59 Å². The van der Waals surface area contributed by atoms with Crippen LogP contribution in [0.2, 0.25) is 4.34 Å². The van der Waals surface area contributed by atoms with E-state index < -0.39 is 11.9 Å². The maximum atomic E-state index is 12.1. The molecule has 92 valence electrons. The molecule has 1 N–H and O–H groups in total. The van der Waals surface area contributed by atoms with Crippen LogP contribution in [0.15, 0.2) is 12.1 Å². The van der Waals surface area contributed by atoms with Crippen molar-refractivity contribution in [2.75, 3.05) is 13.1 Å². The number of aliphatic carboxylic acids is 1. The number of carboxylic acid groups (broad SMARTS) is 1. The summed E-state index contributed by atoms with van der Waals surface area (Å²) in [5.74, 6) is -1.39. The Morgan fingerprint density at radius 2 is 2.24 bits per heavy atom. The lowest BCUT2D eigenvalue weighted by molar-refractivity contribution is -0.143. The highest BCUT2D eigenvalue weighted by atomic mass is 35.5. The van der Waals surface area contributed by atoms with Gasteiger partial charge in [0.15, 0.2) is 0 Å². The number of likely N-dealkylation sites (tertiary alicyclic amines) is 1. The number of thiophene rings is 1. The molecule has 1 unspecified atom stereocenters. The Hall–Kier alpha value is -1.07. The van der Waals surface area contributed by atoms with Gasteiger partial charge >= 0.3 is 5.97 Å². The Bertz CT molecular complexity index is 446. The predicted molar refractivity (Wildman–Crippen MR) is 65.6 cm³/mol. The molecular weight excluding hydrogens is 262 g/mol. The van der Waals surface area contributed by atoms with Crippen LogP contribution in [0, 0.1) is 5.92 Å². The molecule has 0 spiro atoms. The van der Waals surface area contributed by atoms with Crippen molar-refractivity contribution in [3.05, 3.63) is 21.3 Å². The number of carbonyl (C=O) groups is 2. The summed E-state index contributed by atoms with van der Waals surface area (Å²) in [7, 11) is 0. The largest absolute Gasteiger partial charge is 0.481 e. The van der Waals surface area contributed by atoms with Crippen LogP contribution in [0.3, 0.4) is 0 Å². The lowest BCUT2D eigenvalue weighted by atomic mass is 9.98. The Labute approximate surface area is 108 Å². The standard InChI is InChI=1S/C11H12ClNO3S/c12-9-4-3-8(17-9)10(14)13-5-1-2-7(6-13)11(15)16/h3-4,7H,1-2,5-6H2,(H,15,16). The van der Waals surface area contributed by atoms with Crippen molar-refractivity contribution in [3.63, 3.8) is 0 Å². The smallest absolute Gasteiger partial charge is 0.308 e. The summed E-state index contributed by atoms with van der Waals surface area (Å²) < 4.78 is 0.570. The van der Waals surface area contributed by atoms with E-state index >= 15 is 0 Å². The Morgan fingerprint density at radius 1 is 1.47 bits per heavy atom. The summed E-state index contributed by atoms with van der Waals surface area (Å²) in [6, 6.07) is 3.36. The van der Waals surface area contributed by atoms with Crippen molar-refractivity contribution in [2.45, 2.75) is 12.8 Å². The summed E-state index contributed by atoms with van der Waals surface area (Å²) in [5, 5.41) is 8.96. The number of hydrogen-bond donors (Lipinski definition) is 1. The molecule has 1 amide bonds. The molecule has 1 aromatic rings. The van der Waals surface area contributed by atoms with E-state index in [0.717, 1.165) is 6.42 Å². The van der Waals surface area contributed by atoms with E-state index in [0.29, 0.717) is 28.7 Å². The second-order valence-corrected chi connectivity index (χ2v) is 5.75. The minimum Gasteiger partial charge on any atom is -0.481 e. The summed E-state index contributed by atoms with van der Waals surface area (Å²) in [4.78, 5) is 25.1. The van der Waals surface area contributed by atoms with Crippen LogP contribution in [0.1, 0.15) is 22.5 Å². The minimum absolute atomic E-state index is 0.118. The van der Waals surface area contributed by atoms with E-state index in [1.165, 1.54) is 11.3 Å². The first kappa shape index (κ1) is 12.4. The summed E-state index contributed by atoms with van der Waals surface area (Å²) in [5.41, 5.74) is 0. The highest BCUT2D eigenvalue weighted by molar-refractivity contribution is 7.17. The van der Waals surface area contributed by atoms with Gasteiger partial charge in [0.1, 0.15) is 0 Å². The zero-order chi connectivity index (χ0) is 12.4. The van der Waals surface area contributed by atoms with Gasteiger partial charge in [-0.25, -0.2) is 0 Å². The fourth-order valence-corrected chi connectivity index (χ4v) is 2.96. The number of carboxylic acids is 1. The number of halogens is 1. The van der Waals surface area contributed by atoms with Gasteiger partial charge in [-0.1, -0.05) is 11.6 Å². The molecule has 6 heteroatoms. The van der Waals surface area contributed by atoms with E-state index in [9.17, 15) is 9.59 Å². The van der Waals surface area contributed by atoms with E-state index in [-0.39, 0.29) is 5.91 Å². The molecule has 1 aromatic heterocycles. The molecule has 1 saturated heterocycles. The fraction of sp³-hybridized carbons (Fsp3) is 0.455. The molecule has 1 fully saturated rings. The average molecular weight is 274 g/mol. The third-order valence-corrected chi connectivity index (χ3v) is 4.06. The van der Waals surface area contributed by atoms with Gasteiger partial charge in [-0.2, -0.15) is 0 Å². The van der Waals surface area contributed by atoms with Crippen molar-refractivity contribution >= 4 is 34.8 Å². The van der Waals surface area contributed by atoms with Crippen LogP contribution in [0.5, 0.6) is 0 Å². The number of amides is 1. The van der Waals surface area contributed by atoms with Gasteiger partial charge in [0, 0.05) is 13.1 Å². The highest BCUT2D eigenvalue weighted by Gasteiger charge is 2.29. The number of rotatable bonds is 2. The van der Waals surface area contributed by atoms with Gasteiger partial charge in [-0.15, -0.1) is 11.3 Å². The monoisotopic (exact) mass is 273 g/mol. The van der Waals surface area contributed by atoms with Crippen LogP contribution in [0.25, 0.3) is 0 Å². The maximum absolute atomic E-state index is 12.1. The first-order chi connectivity index (χ1) is 8.08. The van der Waals surface area contributed by atoms with Crippen molar-refractivity contribution in [2.24, 2.45) is 5.92 Å². The molecule has 1 aliphatic heterocycles. The zero-order valence-electron chi connectivity index (χ0n) is 9.06. The molecule has 0 aromatic carbocycles. The van der Waals surface area contributed by atoms with Gasteiger partial charge < -0.3 is 10.0 Å². The second-order valence-electron chi connectivity index (χ2n) is 4.03. The molecule has 2 rings (SSSR count). The second kappa shape index (κ2) is 5.06. The SMILES string of the molecule is O=C(O)C1CCCN(C(=O)c2ccc(Cl)s2)C1. The number of nitrogens with zero attached hydrogens (tertiary/aromatic N) is 1. The molecule has 0 saturated carbocycles. The Morgan fingerprint density at radius 3 is 2.82 bits per heavy atom. The highest BCUT2D eigenvalue weighted by Crippen LogP contribution is 2.25. The number of carbonyl (C=O) groups excluding carboxylic acids is 1. The van der Waals surface area contributed by atoms with Crippen molar-refractivity contribution < 1.29 is 14.7 Å². The first-order valence-corrected chi connectivity index (χ1v) is 6.55. The summed E-state index contributed by atoms with van der Waals surface area (Å²) >= 11 is 7.00. The molecular formula is C11H12ClNO3S. The lowest BCUT2D eigenvalue weighted by Gasteiger charge is -2.30. The predicted octanol–water partition coefficient (Wildman–Crippen LogP) is 2.34. The average Bonchev–Trinajstić information content (AvgIpc) is 2.75. The summed E-state index contributed by atoms with van der Waals surface area (Å²) in [6.45, 7) is 0.918. The van der Waals surface area contributed by atoms with Crippen molar-refractivity contribution in [1.82, 2.24) is 4.90 Å². The molecule has 1 aliphatic rings. The van der Waals surface area contributed by atoms with Crippen LogP contribution < -0.4 is 0 Å². The topological polar surface area (TPSA) is 57.6 Å². The molecule has 17 heavy (non-hydrogen) atoms. The first-order valence-electron chi connectivity index (χ1n) is 5.35. The van der Waals surface area contributed by atoms with E-state index in [4.69, 9.17) is 16.7 Å². The van der Waals surface area contributed by atoms with E-state index in [1.807, 2.05) is 0 Å². The van der Waals surface area contributed by atoms with Crippen LogP contribution >= 0.6 is 22.9 Å². The molecule has 1 atom stereocenters. The van der Waals surface area contributed by atoms with Crippen LogP contribution in [-0.4, -0.2) is 35.0 Å². The lowest BCUT2D eigenvalue weighted by Crippen LogP contribution is -2.42. The summed E-state index contributed by atoms with van der Waals surface area (Å²) in [6.07, 6.45) is 1.38. The van der Waals surface area contributed by atoms with Crippen molar-refractivity contribution in [1.29, 1.82) is 0 Å². The number of hydrogen-bond acceptors (Lipinski definition) is 3. The Kier molecular flexibility index (Phi) is 3.69. The van der Waals surface area contributed by atoms with Gasteiger partial charge in [0.2, 0.25) is 0 Å². The number of piperidine rings is 1. The fourth-order valence-electron chi connectivity index (χ4n) is 1.95. The molecule has 0 radical (unpaired) electrons. The van der Waals surface area contributed by atoms with E-state index in [1.54, 1.807) is 17.0 Å². The van der Waals surface area contributed by atoms with Gasteiger partial charge in [0.25, 0.3) is 5.91 Å². The maximum Gasteiger partial charge on any atom is 0.308 e. The molecule has 2 heterocycles. The normalized spacial score (nSPS) is 20.3. The third kappa shape index (κ3) is 2.79. The molecule has 0 bridgehead atoms. The quantitative estimate of drug-likeness (QED) is 0.900. The van der Waals surface area contributed by atoms with Gasteiger partial charge in [-0.05, 0) is 25.0 Å². The zero-order valence-corrected chi connectivity index (χ0v) is 10.6. The molecule has 4 nitrogen and oxygen atoms in total. The van der Waals surface area contributed by atoms with E-state index in [2.05, 4.69) is 0 Å². The third-order valence-electron chi connectivity index (χ3n) is 2.84. The van der Waals surface area contributed by atoms with Crippen LogP contribution in [-0.2, 0) is 4.79 Å².